The van der Waals surface area contributed by atoms with Crippen LogP contribution in [-0.2, 0) is 12.6 Å². The van der Waals surface area contributed by atoms with Gasteiger partial charge < -0.3 is 4.74 Å². The van der Waals surface area contributed by atoms with Crippen molar-refractivity contribution in [3.05, 3.63) is 76.3 Å². The predicted molar refractivity (Wildman–Crippen MR) is 107 cm³/mol. The summed E-state index contributed by atoms with van der Waals surface area (Å²) in [6, 6.07) is 11.9. The zero-order valence-corrected chi connectivity index (χ0v) is 16.6. The van der Waals surface area contributed by atoms with E-state index in [9.17, 15) is 18.0 Å². The van der Waals surface area contributed by atoms with Gasteiger partial charge in [-0.2, -0.15) is 13.2 Å². The second kappa shape index (κ2) is 8.65. The Hall–Kier alpha value is -2.87. The molecule has 1 N–H and O–H groups in total. The smallest absolute Gasteiger partial charge is 0.416 e. The fourth-order valence-corrected chi connectivity index (χ4v) is 3.47. The number of nitrogens with zero attached hydrogens (tertiary/aromatic N) is 1. The number of carbonyl (C=O) groups is 1. The number of carbonyl (C=O) groups excluding carboxylic acids is 1. The Morgan fingerprint density at radius 2 is 1.90 bits per heavy atom. The summed E-state index contributed by atoms with van der Waals surface area (Å²) in [4.78, 5) is 17.3. The molecule has 0 bridgehead atoms. The molecule has 1 amide bonds. The molecule has 3 aromatic rings. The first kappa shape index (κ1) is 20.9. The highest BCUT2D eigenvalue weighted by Crippen LogP contribution is 2.30. The third kappa shape index (κ3) is 5.80. The van der Waals surface area contributed by atoms with Crippen LogP contribution in [0.15, 0.2) is 54.7 Å². The SMILES string of the molecule is CC(C)Oc1ccc(C(=O)Nc2ncc(Cc3cccc(C(F)(F)F)c3)s2)cc1. The van der Waals surface area contributed by atoms with Crippen molar-refractivity contribution in [2.24, 2.45) is 0 Å². The molecule has 0 fully saturated rings. The van der Waals surface area contributed by atoms with Crippen LogP contribution in [0.4, 0.5) is 18.3 Å². The summed E-state index contributed by atoms with van der Waals surface area (Å²) in [5.41, 5.74) is 0.302. The van der Waals surface area contributed by atoms with Crippen molar-refractivity contribution in [2.75, 3.05) is 5.32 Å². The Balaban J connectivity index is 1.64. The number of aromatic nitrogens is 1. The van der Waals surface area contributed by atoms with Crippen molar-refractivity contribution in [1.29, 1.82) is 0 Å². The zero-order valence-electron chi connectivity index (χ0n) is 15.8. The van der Waals surface area contributed by atoms with E-state index in [0.717, 1.165) is 17.0 Å². The van der Waals surface area contributed by atoms with Gasteiger partial charge in [0.1, 0.15) is 5.75 Å². The maximum absolute atomic E-state index is 12.8. The number of halogens is 3. The molecule has 4 nitrogen and oxygen atoms in total. The quantitative estimate of drug-likeness (QED) is 0.549. The monoisotopic (exact) mass is 420 g/mol. The Bertz CT molecular complexity index is 982. The molecule has 0 spiro atoms. The van der Waals surface area contributed by atoms with Crippen LogP contribution in [-0.4, -0.2) is 17.0 Å². The lowest BCUT2D eigenvalue weighted by molar-refractivity contribution is -0.137. The summed E-state index contributed by atoms with van der Waals surface area (Å²) in [6.45, 7) is 3.83. The minimum Gasteiger partial charge on any atom is -0.491 e. The van der Waals surface area contributed by atoms with Gasteiger partial charge in [-0.3, -0.25) is 10.1 Å². The van der Waals surface area contributed by atoms with E-state index in [-0.39, 0.29) is 12.0 Å². The number of amides is 1. The molecular formula is C21H19F3N2O2S. The van der Waals surface area contributed by atoms with Crippen molar-refractivity contribution in [2.45, 2.75) is 32.5 Å². The summed E-state index contributed by atoms with van der Waals surface area (Å²) in [5, 5.41) is 3.10. The first-order valence-electron chi connectivity index (χ1n) is 8.89. The van der Waals surface area contributed by atoms with Gasteiger partial charge in [-0.25, -0.2) is 4.98 Å². The van der Waals surface area contributed by atoms with E-state index in [1.807, 2.05) is 13.8 Å². The first-order chi connectivity index (χ1) is 13.7. The number of thiazole rings is 1. The minimum atomic E-state index is -4.38. The summed E-state index contributed by atoms with van der Waals surface area (Å²) < 4.78 is 44.1. The number of hydrogen-bond acceptors (Lipinski definition) is 4. The number of ether oxygens (including phenoxy) is 1. The Kier molecular flexibility index (Phi) is 6.22. The normalized spacial score (nSPS) is 11.5. The van der Waals surface area contributed by atoms with Crippen molar-refractivity contribution < 1.29 is 22.7 Å². The van der Waals surface area contributed by atoms with E-state index in [1.165, 1.54) is 17.4 Å². The maximum Gasteiger partial charge on any atom is 0.416 e. The molecule has 152 valence electrons. The second-order valence-corrected chi connectivity index (χ2v) is 7.77. The van der Waals surface area contributed by atoms with Gasteiger partial charge in [0.15, 0.2) is 5.13 Å². The first-order valence-corrected chi connectivity index (χ1v) is 9.71. The Morgan fingerprint density at radius 3 is 2.55 bits per heavy atom. The molecule has 0 radical (unpaired) electrons. The number of benzene rings is 2. The lowest BCUT2D eigenvalue weighted by Crippen LogP contribution is -2.11. The highest BCUT2D eigenvalue weighted by atomic mass is 32.1. The molecule has 3 rings (SSSR count). The van der Waals surface area contributed by atoms with Gasteiger partial charge in [-0.15, -0.1) is 11.3 Å². The number of rotatable bonds is 6. The van der Waals surface area contributed by atoms with E-state index >= 15 is 0 Å². The molecule has 29 heavy (non-hydrogen) atoms. The van der Waals surface area contributed by atoms with Crippen molar-refractivity contribution in [3.8, 4) is 5.75 Å². The molecule has 2 aromatic carbocycles. The van der Waals surface area contributed by atoms with Crippen LogP contribution in [0.2, 0.25) is 0 Å². The van der Waals surface area contributed by atoms with E-state index in [0.29, 0.717) is 28.4 Å². The highest BCUT2D eigenvalue weighted by Gasteiger charge is 2.30. The second-order valence-electron chi connectivity index (χ2n) is 6.65. The van der Waals surface area contributed by atoms with Crippen LogP contribution in [0.5, 0.6) is 5.75 Å². The average Bonchev–Trinajstić information content (AvgIpc) is 3.08. The molecule has 0 unspecified atom stereocenters. The standard InChI is InChI=1S/C21H19F3N2O2S/c1-13(2)28-17-8-6-15(7-9-17)19(27)26-20-25-12-18(29-20)11-14-4-3-5-16(10-14)21(22,23)24/h3-10,12-13H,11H2,1-2H3,(H,25,26,27). The van der Waals surface area contributed by atoms with E-state index in [1.54, 1.807) is 36.5 Å². The van der Waals surface area contributed by atoms with Gasteiger partial charge in [0.2, 0.25) is 0 Å². The molecule has 0 saturated carbocycles. The number of hydrogen-bond donors (Lipinski definition) is 1. The minimum absolute atomic E-state index is 0.0419. The van der Waals surface area contributed by atoms with E-state index in [4.69, 9.17) is 4.74 Å². The van der Waals surface area contributed by atoms with Gasteiger partial charge in [-0.1, -0.05) is 18.2 Å². The molecular weight excluding hydrogens is 401 g/mol. The Morgan fingerprint density at radius 1 is 1.17 bits per heavy atom. The molecule has 8 heteroatoms. The molecule has 0 atom stereocenters. The van der Waals surface area contributed by atoms with Crippen molar-refractivity contribution >= 4 is 22.4 Å². The lowest BCUT2D eigenvalue weighted by atomic mass is 10.1. The molecule has 0 aliphatic carbocycles. The largest absolute Gasteiger partial charge is 0.491 e. The van der Waals surface area contributed by atoms with Crippen LogP contribution in [0.3, 0.4) is 0 Å². The Labute approximate surface area is 170 Å². The fraction of sp³-hybridized carbons (Fsp3) is 0.238. The van der Waals surface area contributed by atoms with Crippen LogP contribution in [0, 0.1) is 0 Å². The maximum atomic E-state index is 12.8. The number of nitrogens with one attached hydrogen (secondary N) is 1. The predicted octanol–water partition coefficient (Wildman–Crippen LogP) is 5.79. The van der Waals surface area contributed by atoms with Crippen LogP contribution in [0.25, 0.3) is 0 Å². The number of anilines is 1. The fourth-order valence-electron chi connectivity index (χ4n) is 2.63. The van der Waals surface area contributed by atoms with Gasteiger partial charge in [0, 0.05) is 23.1 Å². The van der Waals surface area contributed by atoms with Gasteiger partial charge >= 0.3 is 6.18 Å². The van der Waals surface area contributed by atoms with Gasteiger partial charge in [-0.05, 0) is 49.7 Å². The summed E-state index contributed by atoms with van der Waals surface area (Å²) in [6.07, 6.45) is -2.47. The van der Waals surface area contributed by atoms with Gasteiger partial charge in [0.25, 0.3) is 5.91 Å². The molecule has 1 aromatic heterocycles. The molecule has 0 saturated heterocycles. The molecule has 0 aliphatic heterocycles. The molecule has 0 aliphatic rings. The number of alkyl halides is 3. The van der Waals surface area contributed by atoms with Gasteiger partial charge in [0.05, 0.1) is 11.7 Å². The van der Waals surface area contributed by atoms with E-state index in [2.05, 4.69) is 10.3 Å². The third-order valence-corrected chi connectivity index (χ3v) is 4.81. The van der Waals surface area contributed by atoms with Crippen LogP contribution in [0.1, 0.15) is 40.2 Å². The summed E-state index contributed by atoms with van der Waals surface area (Å²) in [7, 11) is 0. The van der Waals surface area contributed by atoms with Crippen molar-refractivity contribution in [3.63, 3.8) is 0 Å². The topological polar surface area (TPSA) is 51.2 Å². The van der Waals surface area contributed by atoms with E-state index < -0.39 is 11.7 Å². The van der Waals surface area contributed by atoms with Crippen molar-refractivity contribution in [1.82, 2.24) is 4.98 Å². The molecule has 1 heterocycles. The summed E-state index contributed by atoms with van der Waals surface area (Å²) in [5.74, 6) is 0.357. The highest BCUT2D eigenvalue weighted by molar-refractivity contribution is 7.15. The average molecular weight is 420 g/mol. The van der Waals surface area contributed by atoms with Crippen LogP contribution >= 0.6 is 11.3 Å². The summed E-state index contributed by atoms with van der Waals surface area (Å²) >= 11 is 1.23. The lowest BCUT2D eigenvalue weighted by Gasteiger charge is -2.09. The van der Waals surface area contributed by atoms with Crippen LogP contribution < -0.4 is 10.1 Å². The zero-order chi connectivity index (χ0) is 21.0. The third-order valence-electron chi connectivity index (χ3n) is 3.89.